The second-order valence-corrected chi connectivity index (χ2v) is 10.8. The Kier molecular flexibility index (Phi) is 6.57. The van der Waals surface area contributed by atoms with Crippen LogP contribution in [0.3, 0.4) is 0 Å². The molecule has 1 fully saturated rings. The largest absolute Gasteiger partial charge is 0.348 e. The lowest BCUT2D eigenvalue weighted by Gasteiger charge is -2.31. The van der Waals surface area contributed by atoms with Gasteiger partial charge in [-0.3, -0.25) is 19.3 Å². The van der Waals surface area contributed by atoms with Gasteiger partial charge in [-0.1, -0.05) is 12.1 Å². The maximum absolute atomic E-state index is 12.8. The van der Waals surface area contributed by atoms with Crippen LogP contribution in [0.15, 0.2) is 47.4 Å². The van der Waals surface area contributed by atoms with Crippen LogP contribution in [-0.4, -0.2) is 79.5 Å². The molecule has 1 saturated heterocycles. The first kappa shape index (κ1) is 24.1. The Balaban J connectivity index is 1.41. The molecule has 0 aromatic heterocycles. The van der Waals surface area contributed by atoms with Crippen LogP contribution >= 0.6 is 0 Å². The third kappa shape index (κ3) is 4.48. The predicted octanol–water partition coefficient (Wildman–Crippen LogP) is 1.56. The van der Waals surface area contributed by atoms with Crippen LogP contribution in [0, 0.1) is 0 Å². The van der Waals surface area contributed by atoms with Crippen molar-refractivity contribution >= 4 is 27.7 Å². The second kappa shape index (κ2) is 9.28. The first-order valence-electron chi connectivity index (χ1n) is 11.2. The average molecular weight is 485 g/mol. The maximum atomic E-state index is 12.8. The summed E-state index contributed by atoms with van der Waals surface area (Å²) >= 11 is 0. The van der Waals surface area contributed by atoms with Crippen LogP contribution in [0.2, 0.25) is 0 Å². The summed E-state index contributed by atoms with van der Waals surface area (Å²) in [5.74, 6) is -1.14. The number of nitrogens with one attached hydrogen (secondary N) is 1. The lowest BCUT2D eigenvalue weighted by atomic mass is 10.1. The Labute approximate surface area is 199 Å². The van der Waals surface area contributed by atoms with E-state index >= 15 is 0 Å². The summed E-state index contributed by atoms with van der Waals surface area (Å²) in [6.45, 7) is 6.02. The summed E-state index contributed by atoms with van der Waals surface area (Å²) in [5, 5.41) is 2.78. The lowest BCUT2D eigenvalue weighted by molar-refractivity contribution is 0.0609. The number of piperazine rings is 1. The number of carbonyl (C=O) groups is 3. The number of sulfonamides is 1. The minimum absolute atomic E-state index is 0.190. The van der Waals surface area contributed by atoms with Crippen molar-refractivity contribution in [3.8, 4) is 0 Å². The molecule has 0 radical (unpaired) electrons. The second-order valence-electron chi connectivity index (χ2n) is 8.87. The van der Waals surface area contributed by atoms with Gasteiger partial charge in [-0.25, -0.2) is 8.42 Å². The molecule has 34 heavy (non-hydrogen) atoms. The zero-order valence-corrected chi connectivity index (χ0v) is 20.3. The number of carbonyl (C=O) groups excluding carboxylic acids is 3. The number of fused-ring (bicyclic) bond motifs is 1. The van der Waals surface area contributed by atoms with Gasteiger partial charge in [-0.2, -0.15) is 4.31 Å². The van der Waals surface area contributed by atoms with Gasteiger partial charge in [-0.05, 0) is 56.8 Å². The standard InChI is InChI=1S/C24H28N4O5S/c1-16(2)28-23(30)20-9-6-18(14-21(20)24(28)31)22(29)25-15-17-4-7-19(8-5-17)34(32,33)27-12-10-26(3)11-13-27/h4-9,14,16H,10-13,15H2,1-3H3,(H,25,29). The van der Waals surface area contributed by atoms with Crippen molar-refractivity contribution in [1.29, 1.82) is 0 Å². The molecule has 4 rings (SSSR count). The number of amides is 3. The quantitative estimate of drug-likeness (QED) is 0.624. The molecule has 9 nitrogen and oxygen atoms in total. The van der Waals surface area contributed by atoms with Gasteiger partial charge in [0.05, 0.1) is 16.0 Å². The summed E-state index contributed by atoms with van der Waals surface area (Å²) < 4.78 is 27.2. The number of benzene rings is 2. The Morgan fingerprint density at radius 3 is 2.18 bits per heavy atom. The highest BCUT2D eigenvalue weighted by molar-refractivity contribution is 7.89. The first-order valence-corrected chi connectivity index (χ1v) is 12.6. The minimum atomic E-state index is -3.55. The Morgan fingerprint density at radius 1 is 0.941 bits per heavy atom. The van der Waals surface area contributed by atoms with E-state index in [4.69, 9.17) is 0 Å². The summed E-state index contributed by atoms with van der Waals surface area (Å²) in [5.41, 5.74) is 1.54. The summed E-state index contributed by atoms with van der Waals surface area (Å²) in [7, 11) is -1.58. The number of rotatable bonds is 6. The molecule has 0 unspecified atom stereocenters. The number of nitrogens with zero attached hydrogens (tertiary/aromatic N) is 3. The van der Waals surface area contributed by atoms with E-state index in [2.05, 4.69) is 10.2 Å². The van der Waals surface area contributed by atoms with Crippen LogP contribution in [0.25, 0.3) is 0 Å². The molecule has 0 saturated carbocycles. The number of likely N-dealkylation sites (N-methyl/N-ethyl adjacent to an activating group) is 1. The van der Waals surface area contributed by atoms with E-state index in [0.29, 0.717) is 31.7 Å². The third-order valence-electron chi connectivity index (χ3n) is 6.17. The molecule has 2 aliphatic rings. The third-order valence-corrected chi connectivity index (χ3v) is 8.09. The zero-order valence-electron chi connectivity index (χ0n) is 19.4. The van der Waals surface area contributed by atoms with Gasteiger partial charge in [0.15, 0.2) is 0 Å². The molecular formula is C24H28N4O5S. The Bertz CT molecular complexity index is 1230. The van der Waals surface area contributed by atoms with E-state index in [0.717, 1.165) is 5.56 Å². The molecule has 0 bridgehead atoms. The van der Waals surface area contributed by atoms with Crippen LogP contribution in [0.1, 0.15) is 50.5 Å². The lowest BCUT2D eigenvalue weighted by Crippen LogP contribution is -2.47. The van der Waals surface area contributed by atoms with Gasteiger partial charge < -0.3 is 10.2 Å². The fourth-order valence-electron chi connectivity index (χ4n) is 4.11. The molecule has 1 N–H and O–H groups in total. The first-order chi connectivity index (χ1) is 16.1. The van der Waals surface area contributed by atoms with Gasteiger partial charge in [0, 0.05) is 44.3 Å². The molecule has 3 amide bonds. The topological polar surface area (TPSA) is 107 Å². The van der Waals surface area contributed by atoms with Crippen molar-refractivity contribution < 1.29 is 22.8 Å². The highest BCUT2D eigenvalue weighted by Crippen LogP contribution is 2.26. The number of hydrogen-bond donors (Lipinski definition) is 1. The van der Waals surface area contributed by atoms with E-state index in [1.54, 1.807) is 38.1 Å². The van der Waals surface area contributed by atoms with Crippen molar-refractivity contribution in [1.82, 2.24) is 19.4 Å². The van der Waals surface area contributed by atoms with Gasteiger partial charge in [0.2, 0.25) is 10.0 Å². The van der Waals surface area contributed by atoms with Crippen molar-refractivity contribution in [2.75, 3.05) is 33.2 Å². The molecule has 180 valence electrons. The van der Waals surface area contributed by atoms with Crippen molar-refractivity contribution in [3.63, 3.8) is 0 Å². The zero-order chi connectivity index (χ0) is 24.6. The Hall–Kier alpha value is -3.08. The van der Waals surface area contributed by atoms with Gasteiger partial charge >= 0.3 is 0 Å². The Morgan fingerprint density at radius 2 is 1.56 bits per heavy atom. The minimum Gasteiger partial charge on any atom is -0.348 e. The maximum Gasteiger partial charge on any atom is 0.261 e. The monoisotopic (exact) mass is 484 g/mol. The molecule has 0 atom stereocenters. The highest BCUT2D eigenvalue weighted by atomic mass is 32.2. The van der Waals surface area contributed by atoms with Crippen LogP contribution in [0.4, 0.5) is 0 Å². The highest BCUT2D eigenvalue weighted by Gasteiger charge is 2.37. The van der Waals surface area contributed by atoms with Crippen LogP contribution < -0.4 is 5.32 Å². The fourth-order valence-corrected chi connectivity index (χ4v) is 5.53. The molecule has 0 aliphatic carbocycles. The normalized spacial score (nSPS) is 17.4. The smallest absolute Gasteiger partial charge is 0.261 e. The average Bonchev–Trinajstić information content (AvgIpc) is 3.07. The molecule has 0 spiro atoms. The summed E-state index contributed by atoms with van der Waals surface area (Å²) in [6.07, 6.45) is 0. The van der Waals surface area contributed by atoms with E-state index in [9.17, 15) is 22.8 Å². The molecule has 2 aromatic rings. The molecule has 10 heteroatoms. The van der Waals surface area contributed by atoms with Crippen molar-refractivity contribution in [2.24, 2.45) is 0 Å². The van der Waals surface area contributed by atoms with Gasteiger partial charge in [0.1, 0.15) is 0 Å². The van der Waals surface area contributed by atoms with Crippen molar-refractivity contribution in [2.45, 2.75) is 31.3 Å². The number of imide groups is 1. The van der Waals surface area contributed by atoms with Gasteiger partial charge in [-0.15, -0.1) is 0 Å². The van der Waals surface area contributed by atoms with Crippen LogP contribution in [-0.2, 0) is 16.6 Å². The molecule has 2 heterocycles. The summed E-state index contributed by atoms with van der Waals surface area (Å²) in [6, 6.07) is 10.7. The number of hydrogen-bond acceptors (Lipinski definition) is 6. The summed E-state index contributed by atoms with van der Waals surface area (Å²) in [4.78, 5) is 41.1. The van der Waals surface area contributed by atoms with E-state index < -0.39 is 15.9 Å². The SMILES string of the molecule is CC(C)N1C(=O)c2ccc(C(=O)NCc3ccc(S(=O)(=O)N4CCN(C)CC4)cc3)cc2C1=O. The van der Waals surface area contributed by atoms with E-state index in [-0.39, 0.29) is 40.4 Å². The van der Waals surface area contributed by atoms with Crippen LogP contribution in [0.5, 0.6) is 0 Å². The molecular weight excluding hydrogens is 456 g/mol. The fraction of sp³-hybridized carbons (Fsp3) is 0.375. The van der Waals surface area contributed by atoms with Gasteiger partial charge in [0.25, 0.3) is 17.7 Å². The molecule has 2 aromatic carbocycles. The van der Waals surface area contributed by atoms with Crippen molar-refractivity contribution in [3.05, 3.63) is 64.7 Å². The van der Waals surface area contributed by atoms with E-state index in [1.807, 2.05) is 7.05 Å². The molecule has 2 aliphatic heterocycles. The predicted molar refractivity (Wildman–Crippen MR) is 126 cm³/mol. The van der Waals surface area contributed by atoms with E-state index in [1.165, 1.54) is 27.4 Å².